The van der Waals surface area contributed by atoms with Crippen molar-refractivity contribution in [2.24, 2.45) is 0 Å². The van der Waals surface area contributed by atoms with E-state index in [4.69, 9.17) is 17.0 Å². The summed E-state index contributed by atoms with van der Waals surface area (Å²) in [4.78, 5) is 2.19. The molecule has 1 atom stereocenters. The van der Waals surface area contributed by atoms with Gasteiger partial charge in [-0.1, -0.05) is 24.3 Å². The van der Waals surface area contributed by atoms with E-state index >= 15 is 0 Å². The Morgan fingerprint density at radius 1 is 1.27 bits per heavy atom. The van der Waals surface area contributed by atoms with Gasteiger partial charge in [-0.15, -0.1) is 0 Å². The van der Waals surface area contributed by atoms with Crippen LogP contribution in [0.3, 0.4) is 0 Å². The quantitative estimate of drug-likeness (QED) is 0.842. The van der Waals surface area contributed by atoms with Crippen LogP contribution >= 0.6 is 12.2 Å². The SMILES string of the molecule is COc1ccc(C)cc1NC(=S)N1c2ccccc2CC1C. The molecule has 0 aromatic heterocycles. The molecule has 0 fully saturated rings. The Balaban J connectivity index is 1.88. The maximum Gasteiger partial charge on any atom is 0.178 e. The maximum absolute atomic E-state index is 5.66. The van der Waals surface area contributed by atoms with E-state index < -0.39 is 0 Å². The fourth-order valence-electron chi connectivity index (χ4n) is 2.97. The lowest BCUT2D eigenvalue weighted by Gasteiger charge is -2.26. The molecule has 0 saturated heterocycles. The normalized spacial score (nSPS) is 16.3. The second-order valence-corrected chi connectivity index (χ2v) is 6.07. The average molecular weight is 312 g/mol. The summed E-state index contributed by atoms with van der Waals surface area (Å²) in [6.45, 7) is 4.25. The second-order valence-electron chi connectivity index (χ2n) is 5.69. The van der Waals surface area contributed by atoms with Crippen molar-refractivity contribution < 1.29 is 4.74 Å². The van der Waals surface area contributed by atoms with Crippen molar-refractivity contribution in [3.63, 3.8) is 0 Å². The number of thiocarbonyl (C=S) groups is 1. The molecule has 0 saturated carbocycles. The second kappa shape index (κ2) is 5.97. The number of aryl methyl sites for hydroxylation is 1. The summed E-state index contributed by atoms with van der Waals surface area (Å²) in [5.74, 6) is 0.799. The van der Waals surface area contributed by atoms with Crippen LogP contribution in [0.5, 0.6) is 5.75 Å². The molecule has 0 bridgehead atoms. The molecule has 114 valence electrons. The Morgan fingerprint density at radius 2 is 2.05 bits per heavy atom. The van der Waals surface area contributed by atoms with Crippen molar-refractivity contribution in [3.8, 4) is 5.75 Å². The summed E-state index contributed by atoms with van der Waals surface area (Å²) < 4.78 is 5.42. The van der Waals surface area contributed by atoms with Crippen molar-refractivity contribution in [1.82, 2.24) is 0 Å². The third kappa shape index (κ3) is 2.66. The predicted octanol–water partition coefficient (Wildman–Crippen LogP) is 4.15. The van der Waals surface area contributed by atoms with E-state index in [1.165, 1.54) is 16.8 Å². The van der Waals surface area contributed by atoms with Crippen LogP contribution in [0, 0.1) is 6.92 Å². The summed E-state index contributed by atoms with van der Waals surface area (Å²) in [5, 5.41) is 4.06. The van der Waals surface area contributed by atoms with E-state index in [0.717, 1.165) is 17.9 Å². The van der Waals surface area contributed by atoms with Crippen LogP contribution in [0.4, 0.5) is 11.4 Å². The number of nitrogens with one attached hydrogen (secondary N) is 1. The van der Waals surface area contributed by atoms with E-state index in [2.05, 4.69) is 54.4 Å². The molecular formula is C18H20N2OS. The highest BCUT2D eigenvalue weighted by atomic mass is 32.1. The van der Waals surface area contributed by atoms with E-state index in [1.807, 2.05) is 12.1 Å². The first-order chi connectivity index (χ1) is 10.6. The van der Waals surface area contributed by atoms with Gasteiger partial charge in [0, 0.05) is 11.7 Å². The molecule has 4 heteroatoms. The van der Waals surface area contributed by atoms with Gasteiger partial charge in [-0.2, -0.15) is 0 Å². The van der Waals surface area contributed by atoms with Gasteiger partial charge in [0.15, 0.2) is 5.11 Å². The Hall–Kier alpha value is -2.07. The third-order valence-electron chi connectivity index (χ3n) is 4.02. The predicted molar refractivity (Wildman–Crippen MR) is 96.0 cm³/mol. The molecule has 2 aromatic rings. The highest BCUT2D eigenvalue weighted by Crippen LogP contribution is 2.33. The highest BCUT2D eigenvalue weighted by molar-refractivity contribution is 7.80. The molecule has 1 unspecified atom stereocenters. The van der Waals surface area contributed by atoms with Crippen molar-refractivity contribution in [2.45, 2.75) is 26.3 Å². The smallest absolute Gasteiger partial charge is 0.178 e. The van der Waals surface area contributed by atoms with E-state index in [1.54, 1.807) is 7.11 Å². The van der Waals surface area contributed by atoms with Gasteiger partial charge in [0.05, 0.1) is 12.8 Å². The first kappa shape index (κ1) is 14.9. The highest BCUT2D eigenvalue weighted by Gasteiger charge is 2.28. The Bertz CT molecular complexity index is 714. The molecule has 1 aliphatic rings. The molecule has 0 aliphatic carbocycles. The molecule has 0 radical (unpaired) electrons. The molecule has 1 N–H and O–H groups in total. The van der Waals surface area contributed by atoms with Crippen LogP contribution in [0.1, 0.15) is 18.1 Å². The first-order valence-electron chi connectivity index (χ1n) is 7.43. The molecule has 0 amide bonds. The molecule has 0 spiro atoms. The minimum absolute atomic E-state index is 0.355. The molecule has 1 heterocycles. The first-order valence-corrected chi connectivity index (χ1v) is 7.83. The third-order valence-corrected chi connectivity index (χ3v) is 4.32. The Labute approximate surface area is 136 Å². The number of para-hydroxylation sites is 1. The van der Waals surface area contributed by atoms with Crippen LogP contribution in [0.25, 0.3) is 0 Å². The Kier molecular flexibility index (Phi) is 4.03. The summed E-state index contributed by atoms with van der Waals surface area (Å²) in [6, 6.07) is 14.8. The van der Waals surface area contributed by atoms with Gasteiger partial charge in [-0.05, 0) is 61.8 Å². The fourth-order valence-corrected chi connectivity index (χ4v) is 3.36. The summed E-state index contributed by atoms with van der Waals surface area (Å²) in [6.07, 6.45) is 1.02. The number of anilines is 2. The summed E-state index contributed by atoms with van der Waals surface area (Å²) in [7, 11) is 1.67. The van der Waals surface area contributed by atoms with E-state index in [9.17, 15) is 0 Å². The average Bonchev–Trinajstić information content (AvgIpc) is 2.83. The molecule has 3 nitrogen and oxygen atoms in total. The van der Waals surface area contributed by atoms with Gasteiger partial charge >= 0.3 is 0 Å². The van der Waals surface area contributed by atoms with Crippen molar-refractivity contribution >= 4 is 28.7 Å². The van der Waals surface area contributed by atoms with Crippen LogP contribution < -0.4 is 15.0 Å². The lowest BCUT2D eigenvalue weighted by atomic mass is 10.1. The Morgan fingerprint density at radius 3 is 2.82 bits per heavy atom. The van der Waals surface area contributed by atoms with Gasteiger partial charge in [0.1, 0.15) is 5.75 Å². The maximum atomic E-state index is 5.66. The molecule has 2 aromatic carbocycles. The molecule has 22 heavy (non-hydrogen) atoms. The lowest BCUT2D eigenvalue weighted by Crippen LogP contribution is -2.38. The lowest BCUT2D eigenvalue weighted by molar-refractivity contribution is 0.417. The zero-order chi connectivity index (χ0) is 15.7. The van der Waals surface area contributed by atoms with E-state index in [0.29, 0.717) is 11.2 Å². The number of hydrogen-bond acceptors (Lipinski definition) is 2. The van der Waals surface area contributed by atoms with Gasteiger partial charge in [-0.25, -0.2) is 0 Å². The van der Waals surface area contributed by atoms with Crippen molar-refractivity contribution in [1.29, 1.82) is 0 Å². The zero-order valence-electron chi connectivity index (χ0n) is 13.1. The van der Waals surface area contributed by atoms with Crippen LogP contribution in [0.2, 0.25) is 0 Å². The fraction of sp³-hybridized carbons (Fsp3) is 0.278. The molecule has 3 rings (SSSR count). The zero-order valence-corrected chi connectivity index (χ0v) is 13.9. The van der Waals surface area contributed by atoms with Gasteiger partial charge in [-0.3, -0.25) is 0 Å². The van der Waals surface area contributed by atoms with Gasteiger partial charge in [0.2, 0.25) is 0 Å². The van der Waals surface area contributed by atoms with Crippen LogP contribution in [0.15, 0.2) is 42.5 Å². The van der Waals surface area contributed by atoms with Gasteiger partial charge < -0.3 is 15.0 Å². The van der Waals surface area contributed by atoms with Crippen LogP contribution in [-0.4, -0.2) is 18.3 Å². The minimum atomic E-state index is 0.355. The summed E-state index contributed by atoms with van der Waals surface area (Å²) in [5.41, 5.74) is 4.61. The largest absolute Gasteiger partial charge is 0.495 e. The molecular weight excluding hydrogens is 292 g/mol. The number of fused-ring (bicyclic) bond motifs is 1. The molecule has 1 aliphatic heterocycles. The standard InChI is InChI=1S/C18H20N2OS/c1-12-8-9-17(21-3)15(10-12)19-18(22)20-13(2)11-14-6-4-5-7-16(14)20/h4-10,13H,11H2,1-3H3,(H,19,22). The number of rotatable bonds is 2. The van der Waals surface area contributed by atoms with Crippen LogP contribution in [-0.2, 0) is 6.42 Å². The number of nitrogens with zero attached hydrogens (tertiary/aromatic N) is 1. The van der Waals surface area contributed by atoms with Gasteiger partial charge in [0.25, 0.3) is 0 Å². The minimum Gasteiger partial charge on any atom is -0.495 e. The topological polar surface area (TPSA) is 24.5 Å². The number of hydrogen-bond donors (Lipinski definition) is 1. The summed E-state index contributed by atoms with van der Waals surface area (Å²) >= 11 is 5.66. The number of benzene rings is 2. The monoisotopic (exact) mass is 312 g/mol. The number of ether oxygens (including phenoxy) is 1. The van der Waals surface area contributed by atoms with Crippen molar-refractivity contribution in [2.75, 3.05) is 17.3 Å². The van der Waals surface area contributed by atoms with E-state index in [-0.39, 0.29) is 0 Å². The van der Waals surface area contributed by atoms with Crippen molar-refractivity contribution in [3.05, 3.63) is 53.6 Å². The number of methoxy groups -OCH3 is 1.